The van der Waals surface area contributed by atoms with Gasteiger partial charge in [-0.15, -0.1) is 10.2 Å². The van der Waals surface area contributed by atoms with Crippen LogP contribution in [-0.4, -0.2) is 52.2 Å². The van der Waals surface area contributed by atoms with Crippen molar-refractivity contribution in [2.45, 2.75) is 0 Å². The van der Waals surface area contributed by atoms with Crippen molar-refractivity contribution in [3.8, 4) is 40.0 Å². The molecule has 2 heterocycles. The largest absolute Gasteiger partial charge is 0.496 e. The summed E-state index contributed by atoms with van der Waals surface area (Å²) < 4.78 is 11.2. The number of benzene rings is 2. The molecule has 0 saturated heterocycles. The van der Waals surface area contributed by atoms with E-state index in [1.807, 2.05) is 18.2 Å². The molecule has 0 saturated carbocycles. The number of hydrogen-bond donors (Lipinski definition) is 1. The smallest absolute Gasteiger partial charge is 0.270 e. The number of carbonyl (C=O) groups excluding carboxylic acids is 1. The zero-order valence-corrected chi connectivity index (χ0v) is 17.2. The molecule has 1 amide bonds. The Hall–Kier alpha value is -4.27. The third-order valence-electron chi connectivity index (χ3n) is 4.60. The van der Waals surface area contributed by atoms with Crippen molar-refractivity contribution < 1.29 is 13.9 Å². The molecule has 2 N–H and O–H groups in total. The van der Waals surface area contributed by atoms with Crippen molar-refractivity contribution in [1.82, 2.24) is 25.1 Å². The fourth-order valence-electron chi connectivity index (χ4n) is 2.99. The van der Waals surface area contributed by atoms with Gasteiger partial charge >= 0.3 is 0 Å². The number of aromatic nitrogens is 4. The number of hydrogen-bond acceptors (Lipinski definition) is 8. The van der Waals surface area contributed by atoms with E-state index >= 15 is 0 Å². The lowest BCUT2D eigenvalue weighted by atomic mass is 10.1. The SMILES string of the molecule is COc1ccccc1-c1nnc(-c2nc(-c3ccc(C(=O)N(C)C)cc3)cnc2N)o1. The Morgan fingerprint density at radius 1 is 1.03 bits per heavy atom. The molecule has 0 radical (unpaired) electrons. The second kappa shape index (κ2) is 8.23. The van der Waals surface area contributed by atoms with Crippen molar-refractivity contribution in [3.63, 3.8) is 0 Å². The number of nitrogens with two attached hydrogens (primary N) is 1. The normalized spacial score (nSPS) is 10.7. The second-order valence-electron chi connectivity index (χ2n) is 6.88. The van der Waals surface area contributed by atoms with Gasteiger partial charge in [-0.2, -0.15) is 0 Å². The minimum atomic E-state index is -0.0784. The molecular weight excluding hydrogens is 396 g/mol. The predicted molar refractivity (Wildman–Crippen MR) is 115 cm³/mol. The van der Waals surface area contributed by atoms with Gasteiger partial charge in [0.1, 0.15) is 5.75 Å². The van der Waals surface area contributed by atoms with Crippen LogP contribution in [-0.2, 0) is 0 Å². The van der Waals surface area contributed by atoms with E-state index in [1.165, 1.54) is 4.90 Å². The van der Waals surface area contributed by atoms with Gasteiger partial charge in [-0.1, -0.05) is 24.3 Å². The van der Waals surface area contributed by atoms with Crippen LogP contribution in [0.4, 0.5) is 5.82 Å². The van der Waals surface area contributed by atoms with Gasteiger partial charge in [-0.3, -0.25) is 4.79 Å². The summed E-state index contributed by atoms with van der Waals surface area (Å²) in [6.45, 7) is 0. The van der Waals surface area contributed by atoms with E-state index in [2.05, 4.69) is 20.2 Å². The number of amides is 1. The van der Waals surface area contributed by atoms with Crippen LogP contribution in [0, 0.1) is 0 Å². The number of nitrogens with zero attached hydrogens (tertiary/aromatic N) is 5. The highest BCUT2D eigenvalue weighted by atomic mass is 16.5. The number of methoxy groups -OCH3 is 1. The second-order valence-corrected chi connectivity index (χ2v) is 6.88. The summed E-state index contributed by atoms with van der Waals surface area (Å²) >= 11 is 0. The molecule has 4 aromatic rings. The maximum absolute atomic E-state index is 12.1. The molecule has 0 aliphatic rings. The number of nitrogen functional groups attached to an aromatic ring is 1. The minimum Gasteiger partial charge on any atom is -0.496 e. The van der Waals surface area contributed by atoms with Crippen LogP contribution >= 0.6 is 0 Å². The Bertz CT molecular complexity index is 1230. The van der Waals surface area contributed by atoms with Crippen molar-refractivity contribution in [3.05, 3.63) is 60.3 Å². The zero-order valence-electron chi connectivity index (χ0n) is 17.2. The highest BCUT2D eigenvalue weighted by molar-refractivity contribution is 5.94. The molecule has 9 heteroatoms. The van der Waals surface area contributed by atoms with Crippen molar-refractivity contribution >= 4 is 11.7 Å². The van der Waals surface area contributed by atoms with Crippen LogP contribution in [0.25, 0.3) is 34.3 Å². The zero-order chi connectivity index (χ0) is 22.0. The Balaban J connectivity index is 1.68. The monoisotopic (exact) mass is 416 g/mol. The average Bonchev–Trinajstić information content (AvgIpc) is 3.29. The highest BCUT2D eigenvalue weighted by Crippen LogP contribution is 2.32. The third-order valence-corrected chi connectivity index (χ3v) is 4.60. The van der Waals surface area contributed by atoms with Gasteiger partial charge in [0.2, 0.25) is 0 Å². The van der Waals surface area contributed by atoms with E-state index in [4.69, 9.17) is 14.9 Å². The van der Waals surface area contributed by atoms with Gasteiger partial charge in [-0.05, 0) is 24.3 Å². The van der Waals surface area contributed by atoms with Crippen LogP contribution in [0.3, 0.4) is 0 Å². The highest BCUT2D eigenvalue weighted by Gasteiger charge is 2.18. The van der Waals surface area contributed by atoms with Gasteiger partial charge in [0, 0.05) is 25.2 Å². The molecule has 2 aromatic heterocycles. The van der Waals surface area contributed by atoms with E-state index < -0.39 is 0 Å². The summed E-state index contributed by atoms with van der Waals surface area (Å²) in [5, 5.41) is 8.19. The van der Waals surface area contributed by atoms with Crippen LogP contribution in [0.2, 0.25) is 0 Å². The molecular formula is C22H20N6O3. The third kappa shape index (κ3) is 3.93. The fraction of sp³-hybridized carbons (Fsp3) is 0.136. The van der Waals surface area contributed by atoms with E-state index in [0.29, 0.717) is 22.6 Å². The van der Waals surface area contributed by atoms with E-state index in [9.17, 15) is 4.79 Å². The summed E-state index contributed by atoms with van der Waals surface area (Å²) in [6, 6.07) is 14.4. The molecule has 4 rings (SSSR count). The molecule has 2 aromatic carbocycles. The van der Waals surface area contributed by atoms with E-state index in [0.717, 1.165) is 5.56 Å². The van der Waals surface area contributed by atoms with Crippen LogP contribution < -0.4 is 10.5 Å². The average molecular weight is 416 g/mol. The number of carbonyl (C=O) groups is 1. The molecule has 0 atom stereocenters. The summed E-state index contributed by atoms with van der Waals surface area (Å²) in [5.74, 6) is 1.12. The minimum absolute atomic E-state index is 0.0784. The van der Waals surface area contributed by atoms with Crippen molar-refractivity contribution in [2.75, 3.05) is 26.9 Å². The van der Waals surface area contributed by atoms with Crippen LogP contribution in [0.5, 0.6) is 5.75 Å². The lowest BCUT2D eigenvalue weighted by molar-refractivity contribution is 0.0827. The lowest BCUT2D eigenvalue weighted by Crippen LogP contribution is -2.21. The molecule has 9 nitrogen and oxygen atoms in total. The molecule has 0 spiro atoms. The summed E-state index contributed by atoms with van der Waals surface area (Å²) in [6.07, 6.45) is 1.55. The molecule has 0 aliphatic heterocycles. The Morgan fingerprint density at radius 3 is 2.45 bits per heavy atom. The van der Waals surface area contributed by atoms with Crippen molar-refractivity contribution in [1.29, 1.82) is 0 Å². The Morgan fingerprint density at radius 2 is 1.74 bits per heavy atom. The van der Waals surface area contributed by atoms with Gasteiger partial charge in [-0.25, -0.2) is 9.97 Å². The lowest BCUT2D eigenvalue weighted by Gasteiger charge is -2.10. The number of para-hydroxylation sites is 1. The van der Waals surface area contributed by atoms with Crippen LogP contribution in [0.15, 0.2) is 59.1 Å². The number of anilines is 1. The van der Waals surface area contributed by atoms with Gasteiger partial charge in [0.05, 0.1) is 24.6 Å². The fourth-order valence-corrected chi connectivity index (χ4v) is 2.99. The van der Waals surface area contributed by atoms with Gasteiger partial charge in [0.15, 0.2) is 11.5 Å². The predicted octanol–water partition coefficient (Wildman–Crippen LogP) is 3.15. The Kier molecular flexibility index (Phi) is 5.31. The first kappa shape index (κ1) is 20.0. The van der Waals surface area contributed by atoms with E-state index in [-0.39, 0.29) is 29.2 Å². The molecule has 156 valence electrons. The first-order valence-corrected chi connectivity index (χ1v) is 9.40. The maximum atomic E-state index is 12.1. The molecule has 31 heavy (non-hydrogen) atoms. The standard InChI is InChI=1S/C22H20N6O3/c1-28(2)22(29)14-10-8-13(9-11-14)16-12-24-19(23)18(25-16)21-27-26-20(31-21)15-6-4-5-7-17(15)30-3/h4-12H,1-3H3,(H2,23,24). The topological polar surface area (TPSA) is 120 Å². The van der Waals surface area contributed by atoms with Crippen molar-refractivity contribution in [2.24, 2.45) is 0 Å². The summed E-state index contributed by atoms with van der Waals surface area (Å²) in [5.41, 5.74) is 8.87. The Labute approximate surface area is 178 Å². The molecule has 0 bridgehead atoms. The van der Waals surface area contributed by atoms with E-state index in [1.54, 1.807) is 57.7 Å². The first-order valence-electron chi connectivity index (χ1n) is 9.40. The molecule has 0 unspecified atom stereocenters. The first-order chi connectivity index (χ1) is 15.0. The quantitative estimate of drug-likeness (QED) is 0.527. The maximum Gasteiger partial charge on any atom is 0.270 e. The van der Waals surface area contributed by atoms with Gasteiger partial charge in [0.25, 0.3) is 17.7 Å². The van der Waals surface area contributed by atoms with Gasteiger partial charge < -0.3 is 19.8 Å². The number of ether oxygens (including phenoxy) is 1. The summed E-state index contributed by atoms with van der Waals surface area (Å²) in [4.78, 5) is 22.4. The number of rotatable bonds is 5. The summed E-state index contributed by atoms with van der Waals surface area (Å²) in [7, 11) is 4.98. The molecule has 0 aliphatic carbocycles. The van der Waals surface area contributed by atoms with Crippen LogP contribution in [0.1, 0.15) is 10.4 Å². The molecule has 0 fully saturated rings.